The highest BCUT2D eigenvalue weighted by molar-refractivity contribution is 5.76. The minimum absolute atomic E-state index is 0.170. The Labute approximate surface area is 119 Å². The van der Waals surface area contributed by atoms with Crippen molar-refractivity contribution in [3.63, 3.8) is 0 Å². The van der Waals surface area contributed by atoms with Crippen molar-refractivity contribution in [2.24, 2.45) is 17.8 Å². The number of carbonyl (C=O) groups excluding carboxylic acids is 1. The molecule has 0 aromatic rings. The van der Waals surface area contributed by atoms with Crippen LogP contribution in [0.15, 0.2) is 12.2 Å². The molecule has 0 radical (unpaired) electrons. The first kappa shape index (κ1) is 14.9. The van der Waals surface area contributed by atoms with Gasteiger partial charge >= 0.3 is 12.0 Å². The predicted molar refractivity (Wildman–Crippen MR) is 76.3 cm³/mol. The minimum Gasteiger partial charge on any atom is -0.481 e. The van der Waals surface area contributed by atoms with Crippen LogP contribution in [0.2, 0.25) is 0 Å². The monoisotopic (exact) mass is 280 g/mol. The van der Waals surface area contributed by atoms with Crippen LogP contribution in [0, 0.1) is 17.8 Å². The fraction of sp³-hybridized carbons (Fsp3) is 0.733. The number of nitrogens with one attached hydrogen (secondary N) is 2. The van der Waals surface area contributed by atoms with Gasteiger partial charge in [-0.2, -0.15) is 0 Å². The van der Waals surface area contributed by atoms with Gasteiger partial charge in [0.2, 0.25) is 0 Å². The third-order valence-corrected chi connectivity index (χ3v) is 4.65. The summed E-state index contributed by atoms with van der Waals surface area (Å²) in [7, 11) is 0. The Kier molecular flexibility index (Phi) is 4.68. The molecule has 2 amide bonds. The second-order valence-electron chi connectivity index (χ2n) is 6.25. The van der Waals surface area contributed by atoms with Crippen LogP contribution in [0.25, 0.3) is 0 Å². The van der Waals surface area contributed by atoms with Crippen molar-refractivity contribution < 1.29 is 14.7 Å². The molecule has 0 heterocycles. The normalized spacial score (nSPS) is 36.6. The summed E-state index contributed by atoms with van der Waals surface area (Å²) in [5.41, 5.74) is 0. The van der Waals surface area contributed by atoms with E-state index < -0.39 is 11.9 Å². The molecule has 1 saturated carbocycles. The van der Waals surface area contributed by atoms with E-state index in [-0.39, 0.29) is 18.1 Å². The topological polar surface area (TPSA) is 78.4 Å². The van der Waals surface area contributed by atoms with Crippen molar-refractivity contribution in [3.8, 4) is 0 Å². The maximum Gasteiger partial charge on any atom is 0.315 e. The molecule has 0 bridgehead atoms. The maximum atomic E-state index is 11.9. The van der Waals surface area contributed by atoms with Crippen molar-refractivity contribution in [1.29, 1.82) is 0 Å². The third kappa shape index (κ3) is 3.74. The zero-order chi connectivity index (χ0) is 14.7. The van der Waals surface area contributed by atoms with Crippen molar-refractivity contribution >= 4 is 12.0 Å². The summed E-state index contributed by atoms with van der Waals surface area (Å²) in [4.78, 5) is 22.8. The first-order chi connectivity index (χ1) is 9.45. The highest BCUT2D eigenvalue weighted by Crippen LogP contribution is 2.29. The van der Waals surface area contributed by atoms with Crippen LogP contribution in [-0.4, -0.2) is 29.2 Å². The van der Waals surface area contributed by atoms with Crippen LogP contribution in [0.4, 0.5) is 4.79 Å². The van der Waals surface area contributed by atoms with E-state index in [4.69, 9.17) is 5.11 Å². The number of amides is 2. The molecule has 0 aromatic heterocycles. The van der Waals surface area contributed by atoms with Gasteiger partial charge in [-0.3, -0.25) is 4.79 Å². The van der Waals surface area contributed by atoms with Gasteiger partial charge in [-0.05, 0) is 37.5 Å². The van der Waals surface area contributed by atoms with E-state index in [0.717, 1.165) is 25.2 Å². The highest BCUT2D eigenvalue weighted by Gasteiger charge is 2.28. The fourth-order valence-corrected chi connectivity index (χ4v) is 3.06. The summed E-state index contributed by atoms with van der Waals surface area (Å²) in [5, 5.41) is 14.7. The molecule has 5 unspecified atom stereocenters. The fourth-order valence-electron chi connectivity index (χ4n) is 3.06. The molecule has 3 N–H and O–H groups in total. The number of hydrogen-bond donors (Lipinski definition) is 3. The van der Waals surface area contributed by atoms with Gasteiger partial charge in [0, 0.05) is 6.04 Å². The molecule has 0 aromatic carbocycles. The molecular weight excluding hydrogens is 256 g/mol. The van der Waals surface area contributed by atoms with Crippen LogP contribution in [-0.2, 0) is 4.79 Å². The summed E-state index contributed by atoms with van der Waals surface area (Å²) < 4.78 is 0. The number of carboxylic acids is 1. The second kappa shape index (κ2) is 6.29. The molecule has 0 saturated heterocycles. The lowest BCUT2D eigenvalue weighted by Gasteiger charge is -2.32. The minimum atomic E-state index is -0.832. The third-order valence-electron chi connectivity index (χ3n) is 4.65. The van der Waals surface area contributed by atoms with Crippen molar-refractivity contribution in [3.05, 3.63) is 12.2 Å². The lowest BCUT2D eigenvalue weighted by Crippen LogP contribution is -2.47. The number of rotatable bonds is 3. The molecule has 5 nitrogen and oxygen atoms in total. The molecule has 2 rings (SSSR count). The van der Waals surface area contributed by atoms with E-state index in [0.29, 0.717) is 12.3 Å². The van der Waals surface area contributed by atoms with Gasteiger partial charge in [-0.15, -0.1) is 0 Å². The lowest BCUT2D eigenvalue weighted by molar-refractivity contribution is -0.140. The number of urea groups is 1. The van der Waals surface area contributed by atoms with E-state index >= 15 is 0 Å². The SMILES string of the molecule is CC1CCC(NC(=O)NC2C=CC(C(=O)O)C2)CC1C. The number of hydrogen-bond acceptors (Lipinski definition) is 2. The van der Waals surface area contributed by atoms with Crippen molar-refractivity contribution in [2.75, 3.05) is 0 Å². The molecule has 2 aliphatic rings. The molecular formula is C15H24N2O3. The zero-order valence-corrected chi connectivity index (χ0v) is 12.1. The Bertz CT molecular complexity index is 408. The van der Waals surface area contributed by atoms with Gasteiger partial charge in [0.1, 0.15) is 0 Å². The number of carboxylic acid groups (broad SMARTS) is 1. The largest absolute Gasteiger partial charge is 0.481 e. The van der Waals surface area contributed by atoms with Crippen LogP contribution >= 0.6 is 0 Å². The van der Waals surface area contributed by atoms with E-state index in [1.807, 2.05) is 0 Å². The Hall–Kier alpha value is -1.52. The highest BCUT2D eigenvalue weighted by atomic mass is 16.4. The van der Waals surface area contributed by atoms with Gasteiger partial charge in [0.15, 0.2) is 0 Å². The Morgan fingerprint density at radius 2 is 1.80 bits per heavy atom. The summed E-state index contributed by atoms with van der Waals surface area (Å²) in [5.74, 6) is 0.0546. The van der Waals surface area contributed by atoms with E-state index in [2.05, 4.69) is 24.5 Å². The van der Waals surface area contributed by atoms with Crippen molar-refractivity contribution in [1.82, 2.24) is 10.6 Å². The van der Waals surface area contributed by atoms with Crippen LogP contribution in [0.1, 0.15) is 39.5 Å². The molecule has 0 spiro atoms. The number of aliphatic carboxylic acids is 1. The number of carbonyl (C=O) groups is 2. The van der Waals surface area contributed by atoms with Gasteiger partial charge in [0.05, 0.1) is 12.0 Å². The molecule has 0 aliphatic heterocycles. The first-order valence-corrected chi connectivity index (χ1v) is 7.44. The van der Waals surface area contributed by atoms with E-state index in [1.165, 1.54) is 0 Å². The second-order valence-corrected chi connectivity index (χ2v) is 6.25. The Morgan fingerprint density at radius 3 is 2.40 bits per heavy atom. The van der Waals surface area contributed by atoms with Gasteiger partial charge in [-0.25, -0.2) is 4.79 Å². The maximum absolute atomic E-state index is 11.9. The van der Waals surface area contributed by atoms with Gasteiger partial charge in [-0.1, -0.05) is 26.0 Å². The molecule has 2 aliphatic carbocycles. The van der Waals surface area contributed by atoms with E-state index in [1.54, 1.807) is 12.2 Å². The zero-order valence-electron chi connectivity index (χ0n) is 12.1. The molecule has 5 heteroatoms. The van der Waals surface area contributed by atoms with Crippen LogP contribution in [0.3, 0.4) is 0 Å². The average molecular weight is 280 g/mol. The summed E-state index contributed by atoms with van der Waals surface area (Å²) >= 11 is 0. The average Bonchev–Trinajstić information content (AvgIpc) is 2.82. The smallest absolute Gasteiger partial charge is 0.315 e. The first-order valence-electron chi connectivity index (χ1n) is 7.44. The quantitative estimate of drug-likeness (QED) is 0.693. The summed E-state index contributed by atoms with van der Waals surface area (Å²) in [6.45, 7) is 4.49. The van der Waals surface area contributed by atoms with Crippen LogP contribution in [0.5, 0.6) is 0 Å². The molecule has 112 valence electrons. The van der Waals surface area contributed by atoms with Crippen LogP contribution < -0.4 is 10.6 Å². The van der Waals surface area contributed by atoms with Gasteiger partial charge in [0.25, 0.3) is 0 Å². The van der Waals surface area contributed by atoms with Crippen molar-refractivity contribution in [2.45, 2.75) is 51.6 Å². The summed E-state index contributed by atoms with van der Waals surface area (Å²) in [6.07, 6.45) is 7.06. The Morgan fingerprint density at radius 1 is 1.05 bits per heavy atom. The standard InChI is InChI=1S/C15H24N2O3/c1-9-3-5-12(7-10(9)2)16-15(20)17-13-6-4-11(8-13)14(18)19/h4,6,9-13H,3,5,7-8H2,1-2H3,(H,18,19)(H2,16,17,20). The summed E-state index contributed by atoms with van der Waals surface area (Å²) in [6, 6.07) is -0.115. The lowest BCUT2D eigenvalue weighted by atomic mass is 9.79. The van der Waals surface area contributed by atoms with Gasteiger partial charge < -0.3 is 15.7 Å². The Balaban J connectivity index is 1.74. The van der Waals surface area contributed by atoms with E-state index in [9.17, 15) is 9.59 Å². The molecule has 1 fully saturated rings. The molecule has 20 heavy (non-hydrogen) atoms. The predicted octanol–water partition coefficient (Wildman–Crippen LogP) is 2.14. The molecule has 5 atom stereocenters.